The SMILES string of the molecule is CCN(CC(=O)N(C)C)Cc1ccccc1C=CC(=O)O. The molecular weight excluding hydrogens is 268 g/mol. The predicted octanol–water partition coefficient (Wildman–Crippen LogP) is 1.69. The molecule has 0 heterocycles. The number of likely N-dealkylation sites (N-methyl/N-ethyl adjacent to an activating group) is 2. The van der Waals surface area contributed by atoms with E-state index in [9.17, 15) is 9.59 Å². The van der Waals surface area contributed by atoms with Crippen LogP contribution in [0.1, 0.15) is 18.1 Å². The van der Waals surface area contributed by atoms with Crippen LogP contribution in [0.2, 0.25) is 0 Å². The van der Waals surface area contributed by atoms with Crippen molar-refractivity contribution in [3.8, 4) is 0 Å². The molecule has 1 aromatic rings. The Morgan fingerprint density at radius 3 is 2.48 bits per heavy atom. The van der Waals surface area contributed by atoms with Crippen LogP contribution < -0.4 is 0 Å². The third-order valence-corrected chi connectivity index (χ3v) is 3.16. The zero-order valence-corrected chi connectivity index (χ0v) is 12.7. The van der Waals surface area contributed by atoms with E-state index in [0.717, 1.165) is 23.7 Å². The van der Waals surface area contributed by atoms with E-state index in [-0.39, 0.29) is 5.91 Å². The maximum Gasteiger partial charge on any atom is 0.328 e. The minimum atomic E-state index is -0.972. The van der Waals surface area contributed by atoms with Crippen LogP contribution in [0.5, 0.6) is 0 Å². The Morgan fingerprint density at radius 2 is 1.90 bits per heavy atom. The van der Waals surface area contributed by atoms with E-state index in [1.165, 1.54) is 0 Å². The first kappa shape index (κ1) is 16.9. The number of carboxylic acids is 1. The molecule has 1 rings (SSSR count). The third kappa shape index (κ3) is 5.79. The van der Waals surface area contributed by atoms with Crippen molar-refractivity contribution in [2.45, 2.75) is 13.5 Å². The normalized spacial score (nSPS) is 11.0. The summed E-state index contributed by atoms with van der Waals surface area (Å²) < 4.78 is 0. The van der Waals surface area contributed by atoms with Gasteiger partial charge in [0.15, 0.2) is 0 Å². The summed E-state index contributed by atoms with van der Waals surface area (Å²) >= 11 is 0. The number of benzene rings is 1. The molecule has 0 spiro atoms. The summed E-state index contributed by atoms with van der Waals surface area (Å²) in [7, 11) is 3.47. The molecule has 21 heavy (non-hydrogen) atoms. The molecule has 0 aliphatic rings. The zero-order valence-electron chi connectivity index (χ0n) is 12.7. The van der Waals surface area contributed by atoms with Crippen LogP contribution in [0.4, 0.5) is 0 Å². The van der Waals surface area contributed by atoms with Crippen molar-refractivity contribution in [3.05, 3.63) is 41.5 Å². The van der Waals surface area contributed by atoms with Gasteiger partial charge in [0.2, 0.25) is 5.91 Å². The summed E-state index contributed by atoms with van der Waals surface area (Å²) in [6, 6.07) is 7.60. The van der Waals surface area contributed by atoms with Crippen molar-refractivity contribution >= 4 is 18.0 Å². The second-order valence-electron chi connectivity index (χ2n) is 4.96. The summed E-state index contributed by atoms with van der Waals surface area (Å²) in [4.78, 5) is 26.0. The van der Waals surface area contributed by atoms with Gasteiger partial charge in [0.1, 0.15) is 0 Å². The Kier molecular flexibility index (Phi) is 6.62. The molecule has 5 nitrogen and oxygen atoms in total. The van der Waals surface area contributed by atoms with Gasteiger partial charge in [-0.2, -0.15) is 0 Å². The van der Waals surface area contributed by atoms with Crippen molar-refractivity contribution in [2.24, 2.45) is 0 Å². The molecule has 1 amide bonds. The van der Waals surface area contributed by atoms with Crippen LogP contribution in [-0.2, 0) is 16.1 Å². The Labute approximate surface area is 125 Å². The highest BCUT2D eigenvalue weighted by Gasteiger charge is 2.12. The summed E-state index contributed by atoms with van der Waals surface area (Å²) in [5.41, 5.74) is 1.86. The highest BCUT2D eigenvalue weighted by atomic mass is 16.4. The number of carbonyl (C=O) groups excluding carboxylic acids is 1. The summed E-state index contributed by atoms with van der Waals surface area (Å²) in [5.74, 6) is -0.921. The van der Waals surface area contributed by atoms with Crippen molar-refractivity contribution in [3.63, 3.8) is 0 Å². The number of amides is 1. The fourth-order valence-corrected chi connectivity index (χ4v) is 1.85. The van der Waals surface area contributed by atoms with Crippen LogP contribution in [0.25, 0.3) is 6.08 Å². The fraction of sp³-hybridized carbons (Fsp3) is 0.375. The molecular formula is C16H22N2O3. The Hall–Kier alpha value is -2.14. The van der Waals surface area contributed by atoms with Gasteiger partial charge in [-0.15, -0.1) is 0 Å². The van der Waals surface area contributed by atoms with Crippen molar-refractivity contribution < 1.29 is 14.7 Å². The zero-order chi connectivity index (χ0) is 15.8. The monoisotopic (exact) mass is 290 g/mol. The molecule has 0 fully saturated rings. The lowest BCUT2D eigenvalue weighted by molar-refractivity contribution is -0.131. The quantitative estimate of drug-likeness (QED) is 0.776. The van der Waals surface area contributed by atoms with Crippen LogP contribution in [0, 0.1) is 0 Å². The van der Waals surface area contributed by atoms with Crippen molar-refractivity contribution in [2.75, 3.05) is 27.2 Å². The van der Waals surface area contributed by atoms with Gasteiger partial charge in [0.25, 0.3) is 0 Å². The van der Waals surface area contributed by atoms with Gasteiger partial charge in [-0.25, -0.2) is 4.79 Å². The molecule has 0 radical (unpaired) electrons. The van der Waals surface area contributed by atoms with E-state index in [2.05, 4.69) is 0 Å². The maximum absolute atomic E-state index is 11.8. The second-order valence-corrected chi connectivity index (χ2v) is 4.96. The average molecular weight is 290 g/mol. The lowest BCUT2D eigenvalue weighted by atomic mass is 10.1. The minimum absolute atomic E-state index is 0.0513. The lowest BCUT2D eigenvalue weighted by Gasteiger charge is -2.22. The number of carboxylic acid groups (broad SMARTS) is 1. The molecule has 114 valence electrons. The molecule has 0 unspecified atom stereocenters. The smallest absolute Gasteiger partial charge is 0.328 e. The van der Waals surface area contributed by atoms with Gasteiger partial charge >= 0.3 is 5.97 Å². The van der Waals surface area contributed by atoms with Gasteiger partial charge in [-0.1, -0.05) is 31.2 Å². The van der Waals surface area contributed by atoms with Gasteiger partial charge in [-0.05, 0) is 23.7 Å². The summed E-state index contributed by atoms with van der Waals surface area (Å²) in [6.07, 6.45) is 2.71. The minimum Gasteiger partial charge on any atom is -0.478 e. The van der Waals surface area contributed by atoms with E-state index in [1.54, 1.807) is 25.1 Å². The number of carbonyl (C=O) groups is 2. The predicted molar refractivity (Wildman–Crippen MR) is 82.8 cm³/mol. The number of rotatable bonds is 7. The van der Waals surface area contributed by atoms with Crippen LogP contribution >= 0.6 is 0 Å². The largest absolute Gasteiger partial charge is 0.478 e. The Morgan fingerprint density at radius 1 is 1.24 bits per heavy atom. The third-order valence-electron chi connectivity index (χ3n) is 3.16. The molecule has 0 aliphatic heterocycles. The first-order valence-electron chi connectivity index (χ1n) is 6.85. The highest BCUT2D eigenvalue weighted by Crippen LogP contribution is 2.13. The molecule has 1 N–H and O–H groups in total. The Bertz CT molecular complexity index is 524. The molecule has 5 heteroatoms. The fourth-order valence-electron chi connectivity index (χ4n) is 1.85. The van der Waals surface area contributed by atoms with E-state index in [4.69, 9.17) is 5.11 Å². The second kappa shape index (κ2) is 8.21. The molecule has 0 aromatic heterocycles. The maximum atomic E-state index is 11.8. The number of hydrogen-bond donors (Lipinski definition) is 1. The lowest BCUT2D eigenvalue weighted by Crippen LogP contribution is -2.36. The van der Waals surface area contributed by atoms with Gasteiger partial charge in [-0.3, -0.25) is 9.69 Å². The van der Waals surface area contributed by atoms with Crippen LogP contribution in [-0.4, -0.2) is 54.0 Å². The summed E-state index contributed by atoms with van der Waals surface area (Å²) in [6.45, 7) is 3.70. The van der Waals surface area contributed by atoms with E-state index >= 15 is 0 Å². The van der Waals surface area contributed by atoms with E-state index < -0.39 is 5.97 Å². The molecule has 1 aromatic carbocycles. The summed E-state index contributed by atoms with van der Waals surface area (Å²) in [5, 5.41) is 8.73. The molecule has 0 saturated carbocycles. The van der Waals surface area contributed by atoms with Crippen LogP contribution in [0.3, 0.4) is 0 Å². The number of hydrogen-bond acceptors (Lipinski definition) is 3. The van der Waals surface area contributed by atoms with Gasteiger partial charge in [0.05, 0.1) is 6.54 Å². The molecule has 0 saturated heterocycles. The molecule has 0 aliphatic carbocycles. The number of aliphatic carboxylic acids is 1. The standard InChI is InChI=1S/C16H22N2O3/c1-4-18(12-15(19)17(2)3)11-14-8-6-5-7-13(14)9-10-16(20)21/h5-10H,4,11-12H2,1-3H3,(H,20,21). The van der Waals surface area contributed by atoms with Crippen molar-refractivity contribution in [1.29, 1.82) is 0 Å². The molecule has 0 bridgehead atoms. The van der Waals surface area contributed by atoms with Crippen molar-refractivity contribution in [1.82, 2.24) is 9.80 Å². The highest BCUT2D eigenvalue weighted by molar-refractivity contribution is 5.85. The first-order chi connectivity index (χ1) is 9.93. The first-order valence-corrected chi connectivity index (χ1v) is 6.85. The van der Waals surface area contributed by atoms with E-state index in [1.807, 2.05) is 36.1 Å². The van der Waals surface area contributed by atoms with E-state index in [0.29, 0.717) is 13.1 Å². The van der Waals surface area contributed by atoms with Crippen LogP contribution in [0.15, 0.2) is 30.3 Å². The number of nitrogens with zero attached hydrogens (tertiary/aromatic N) is 2. The Balaban J connectivity index is 2.85. The molecule has 0 atom stereocenters. The van der Waals surface area contributed by atoms with Gasteiger partial charge in [0, 0.05) is 26.7 Å². The topological polar surface area (TPSA) is 60.9 Å². The van der Waals surface area contributed by atoms with Gasteiger partial charge < -0.3 is 10.0 Å². The average Bonchev–Trinajstić information content (AvgIpc) is 2.45.